The lowest BCUT2D eigenvalue weighted by Gasteiger charge is -2.31. The van der Waals surface area contributed by atoms with Crippen molar-refractivity contribution >= 4 is 22.2 Å². The zero-order valence-electron chi connectivity index (χ0n) is 17.3. The van der Waals surface area contributed by atoms with Crippen LogP contribution in [-0.4, -0.2) is 42.7 Å². The summed E-state index contributed by atoms with van der Waals surface area (Å²) in [4.78, 5) is 20.7. The number of rotatable bonds is 3. The van der Waals surface area contributed by atoms with Crippen LogP contribution in [0.1, 0.15) is 29.1 Å². The Labute approximate surface area is 180 Å². The summed E-state index contributed by atoms with van der Waals surface area (Å²) in [5, 5.41) is 4.33. The SMILES string of the molecule is CC1(C)Cc2c(sc(N3CCOCC3)c2-c2ccnc(-c3ccccc3)c2)C(=O)N1. The van der Waals surface area contributed by atoms with Gasteiger partial charge in [-0.3, -0.25) is 9.78 Å². The van der Waals surface area contributed by atoms with Gasteiger partial charge in [-0.2, -0.15) is 0 Å². The minimum atomic E-state index is -0.266. The minimum absolute atomic E-state index is 0.0318. The summed E-state index contributed by atoms with van der Waals surface area (Å²) < 4.78 is 5.57. The maximum absolute atomic E-state index is 12.9. The van der Waals surface area contributed by atoms with Gasteiger partial charge in [0.05, 0.1) is 23.8 Å². The number of pyridine rings is 1. The monoisotopic (exact) mass is 419 g/mol. The van der Waals surface area contributed by atoms with Crippen molar-refractivity contribution in [2.24, 2.45) is 0 Å². The molecule has 1 amide bonds. The van der Waals surface area contributed by atoms with Crippen molar-refractivity contribution in [2.45, 2.75) is 25.8 Å². The van der Waals surface area contributed by atoms with Gasteiger partial charge in [-0.1, -0.05) is 30.3 Å². The summed E-state index contributed by atoms with van der Waals surface area (Å²) in [5.41, 5.74) is 5.22. The van der Waals surface area contributed by atoms with Gasteiger partial charge in [0.1, 0.15) is 5.00 Å². The van der Waals surface area contributed by atoms with E-state index in [0.717, 1.165) is 46.8 Å². The van der Waals surface area contributed by atoms with E-state index in [1.165, 1.54) is 10.6 Å². The van der Waals surface area contributed by atoms with Crippen LogP contribution in [0.4, 0.5) is 5.00 Å². The summed E-state index contributed by atoms with van der Waals surface area (Å²) in [7, 11) is 0. The van der Waals surface area contributed by atoms with E-state index in [9.17, 15) is 4.79 Å². The summed E-state index contributed by atoms with van der Waals surface area (Å²) in [6.45, 7) is 7.29. The molecule has 0 spiro atoms. The first-order valence-electron chi connectivity index (χ1n) is 10.3. The molecule has 0 bridgehead atoms. The maximum Gasteiger partial charge on any atom is 0.262 e. The minimum Gasteiger partial charge on any atom is -0.378 e. The summed E-state index contributed by atoms with van der Waals surface area (Å²) in [6.07, 6.45) is 2.69. The van der Waals surface area contributed by atoms with E-state index < -0.39 is 0 Å². The van der Waals surface area contributed by atoms with E-state index in [0.29, 0.717) is 13.2 Å². The second-order valence-corrected chi connectivity index (χ2v) is 9.50. The molecule has 2 aliphatic rings. The van der Waals surface area contributed by atoms with Crippen LogP contribution in [0.5, 0.6) is 0 Å². The van der Waals surface area contributed by atoms with Gasteiger partial charge in [0.2, 0.25) is 0 Å². The molecule has 0 unspecified atom stereocenters. The fraction of sp³-hybridized carbons (Fsp3) is 0.333. The molecule has 0 saturated carbocycles. The van der Waals surface area contributed by atoms with Gasteiger partial charge in [-0.05, 0) is 43.5 Å². The second-order valence-electron chi connectivity index (χ2n) is 8.50. The number of anilines is 1. The molecular weight excluding hydrogens is 394 g/mol. The molecule has 1 fully saturated rings. The average molecular weight is 420 g/mol. The van der Waals surface area contributed by atoms with Crippen LogP contribution >= 0.6 is 11.3 Å². The lowest BCUT2D eigenvalue weighted by Crippen LogP contribution is -2.48. The van der Waals surface area contributed by atoms with Crippen LogP contribution in [0.15, 0.2) is 48.7 Å². The fourth-order valence-electron chi connectivity index (χ4n) is 4.29. The molecule has 0 aliphatic carbocycles. The number of carbonyl (C=O) groups is 1. The Morgan fingerprint density at radius 2 is 1.87 bits per heavy atom. The number of hydrogen-bond donors (Lipinski definition) is 1. The topological polar surface area (TPSA) is 54.5 Å². The average Bonchev–Trinajstić information content (AvgIpc) is 3.14. The van der Waals surface area contributed by atoms with Crippen LogP contribution < -0.4 is 10.2 Å². The van der Waals surface area contributed by atoms with Crippen LogP contribution in [0.25, 0.3) is 22.4 Å². The highest BCUT2D eigenvalue weighted by atomic mass is 32.1. The Hall–Kier alpha value is -2.70. The highest BCUT2D eigenvalue weighted by Gasteiger charge is 2.36. The molecule has 6 heteroatoms. The smallest absolute Gasteiger partial charge is 0.262 e. The number of nitrogens with one attached hydrogen (secondary N) is 1. The van der Waals surface area contributed by atoms with Crippen LogP contribution in [0, 0.1) is 0 Å². The van der Waals surface area contributed by atoms with Crippen molar-refractivity contribution < 1.29 is 9.53 Å². The summed E-state index contributed by atoms with van der Waals surface area (Å²) in [6, 6.07) is 14.5. The Morgan fingerprint density at radius 3 is 2.63 bits per heavy atom. The molecule has 1 saturated heterocycles. The van der Waals surface area contributed by atoms with Gasteiger partial charge >= 0.3 is 0 Å². The highest BCUT2D eigenvalue weighted by Crippen LogP contribution is 2.46. The van der Waals surface area contributed by atoms with E-state index >= 15 is 0 Å². The third-order valence-corrected chi connectivity index (χ3v) is 6.97. The van der Waals surface area contributed by atoms with Gasteiger partial charge < -0.3 is 15.0 Å². The lowest BCUT2D eigenvalue weighted by atomic mass is 9.87. The van der Waals surface area contributed by atoms with Crippen molar-refractivity contribution in [1.82, 2.24) is 10.3 Å². The first-order chi connectivity index (χ1) is 14.5. The third kappa shape index (κ3) is 3.50. The summed E-state index contributed by atoms with van der Waals surface area (Å²) in [5.74, 6) is 0.0318. The zero-order chi connectivity index (χ0) is 20.7. The molecule has 3 aromatic rings. The Balaban J connectivity index is 1.68. The van der Waals surface area contributed by atoms with Crippen LogP contribution in [0.3, 0.4) is 0 Å². The molecule has 30 heavy (non-hydrogen) atoms. The number of benzene rings is 1. The molecular formula is C24H25N3O2S. The molecule has 4 heterocycles. The first kappa shape index (κ1) is 19.3. The normalized spacial score (nSPS) is 18.1. The van der Waals surface area contributed by atoms with E-state index in [2.05, 4.69) is 53.3 Å². The Kier molecular flexibility index (Phi) is 4.83. The lowest BCUT2D eigenvalue weighted by molar-refractivity contribution is 0.0902. The van der Waals surface area contributed by atoms with Crippen LogP contribution in [0.2, 0.25) is 0 Å². The number of thiophene rings is 1. The van der Waals surface area contributed by atoms with E-state index in [4.69, 9.17) is 4.74 Å². The standard InChI is InChI=1S/C24H25N3O2S/c1-24(2)15-18-20(17-8-9-25-19(14-17)16-6-4-3-5-7-16)23(27-10-12-29-13-11-27)30-21(18)22(28)26-24/h3-9,14H,10-13,15H2,1-2H3,(H,26,28). The number of aromatic nitrogens is 1. The quantitative estimate of drug-likeness (QED) is 0.685. The highest BCUT2D eigenvalue weighted by molar-refractivity contribution is 7.19. The molecule has 5 nitrogen and oxygen atoms in total. The fourth-order valence-corrected chi connectivity index (χ4v) is 5.58. The van der Waals surface area contributed by atoms with Crippen molar-refractivity contribution in [3.8, 4) is 22.4 Å². The Morgan fingerprint density at radius 1 is 1.10 bits per heavy atom. The molecule has 154 valence electrons. The number of morpholine rings is 1. The van der Waals surface area contributed by atoms with Gasteiger partial charge in [0.25, 0.3) is 5.91 Å². The molecule has 5 rings (SSSR count). The van der Waals surface area contributed by atoms with Crippen LogP contribution in [-0.2, 0) is 11.2 Å². The van der Waals surface area contributed by atoms with Crippen molar-refractivity contribution in [3.63, 3.8) is 0 Å². The first-order valence-corrected chi connectivity index (χ1v) is 11.2. The third-order valence-electron chi connectivity index (χ3n) is 5.68. The molecule has 1 aromatic carbocycles. The molecule has 2 aromatic heterocycles. The van der Waals surface area contributed by atoms with Gasteiger partial charge in [-0.15, -0.1) is 11.3 Å². The van der Waals surface area contributed by atoms with E-state index in [1.54, 1.807) is 11.3 Å². The van der Waals surface area contributed by atoms with E-state index in [-0.39, 0.29) is 11.4 Å². The Bertz CT molecular complexity index is 1090. The van der Waals surface area contributed by atoms with Crippen molar-refractivity contribution in [1.29, 1.82) is 0 Å². The van der Waals surface area contributed by atoms with Gasteiger partial charge in [-0.25, -0.2) is 0 Å². The number of fused-ring (bicyclic) bond motifs is 1. The second kappa shape index (κ2) is 7.52. The molecule has 0 radical (unpaired) electrons. The van der Waals surface area contributed by atoms with E-state index in [1.807, 2.05) is 24.4 Å². The van der Waals surface area contributed by atoms with Gasteiger partial charge in [0.15, 0.2) is 0 Å². The summed E-state index contributed by atoms with van der Waals surface area (Å²) >= 11 is 1.61. The molecule has 1 N–H and O–H groups in total. The number of carbonyl (C=O) groups excluding carboxylic acids is 1. The number of amides is 1. The predicted molar refractivity (Wildman–Crippen MR) is 121 cm³/mol. The number of ether oxygens (including phenoxy) is 1. The number of hydrogen-bond acceptors (Lipinski definition) is 5. The number of nitrogens with zero attached hydrogens (tertiary/aromatic N) is 2. The zero-order valence-corrected chi connectivity index (χ0v) is 18.1. The van der Waals surface area contributed by atoms with Crippen molar-refractivity contribution in [3.05, 3.63) is 59.1 Å². The predicted octanol–water partition coefficient (Wildman–Crippen LogP) is 4.38. The molecule has 2 aliphatic heterocycles. The van der Waals surface area contributed by atoms with Gasteiger partial charge in [0, 0.05) is 36.0 Å². The molecule has 0 atom stereocenters. The largest absolute Gasteiger partial charge is 0.378 e. The maximum atomic E-state index is 12.9. The van der Waals surface area contributed by atoms with Crippen molar-refractivity contribution in [2.75, 3.05) is 31.2 Å².